The Morgan fingerprint density at radius 3 is 2.05 bits per heavy atom. The molecule has 208 valence electrons. The standard InChI is InChI=1S/C31H33N3O5S/c1-40(38,39)34-28-19-26(16-17-29(28)35)30(36)21-32-27(18-22-8-4-2-5-9-22)24-12-14-25(15-13-24)31(37)33-20-23-10-6-3-7-11-23/h2-17,19,27,30,32,34-36H,18,20-21H2,1H3,(H,33,37)/t27?,30-/m0/s1. The highest BCUT2D eigenvalue weighted by Gasteiger charge is 2.18. The molecule has 1 unspecified atom stereocenters. The second kappa shape index (κ2) is 13.3. The third-order valence-corrected chi connectivity index (χ3v) is 7.00. The number of sulfonamides is 1. The average molecular weight is 560 g/mol. The van der Waals surface area contributed by atoms with Crippen molar-refractivity contribution in [2.75, 3.05) is 17.5 Å². The van der Waals surface area contributed by atoms with E-state index in [2.05, 4.69) is 15.4 Å². The summed E-state index contributed by atoms with van der Waals surface area (Å²) in [6, 6.07) is 31.1. The molecule has 0 aliphatic carbocycles. The molecule has 40 heavy (non-hydrogen) atoms. The molecule has 4 rings (SSSR count). The van der Waals surface area contributed by atoms with Crippen LogP contribution in [0.5, 0.6) is 5.75 Å². The third kappa shape index (κ3) is 8.41. The van der Waals surface area contributed by atoms with Gasteiger partial charge in [0, 0.05) is 24.7 Å². The smallest absolute Gasteiger partial charge is 0.251 e. The molecular weight excluding hydrogens is 526 g/mol. The highest BCUT2D eigenvalue weighted by atomic mass is 32.2. The summed E-state index contributed by atoms with van der Waals surface area (Å²) >= 11 is 0. The van der Waals surface area contributed by atoms with Gasteiger partial charge in [0.2, 0.25) is 10.0 Å². The van der Waals surface area contributed by atoms with Gasteiger partial charge in [0.15, 0.2) is 0 Å². The highest BCUT2D eigenvalue weighted by molar-refractivity contribution is 7.92. The van der Waals surface area contributed by atoms with Crippen LogP contribution in [0.15, 0.2) is 103 Å². The molecule has 1 amide bonds. The summed E-state index contributed by atoms with van der Waals surface area (Å²) in [5, 5.41) is 27.2. The third-order valence-electron chi connectivity index (χ3n) is 6.41. The number of carbonyl (C=O) groups excluding carboxylic acids is 1. The molecule has 0 bridgehead atoms. The molecule has 4 aromatic rings. The Balaban J connectivity index is 1.46. The van der Waals surface area contributed by atoms with Crippen LogP contribution in [-0.2, 0) is 23.0 Å². The Morgan fingerprint density at radius 1 is 0.825 bits per heavy atom. The topological polar surface area (TPSA) is 128 Å². The number of hydrogen-bond acceptors (Lipinski definition) is 6. The monoisotopic (exact) mass is 559 g/mol. The van der Waals surface area contributed by atoms with E-state index in [1.165, 1.54) is 12.1 Å². The van der Waals surface area contributed by atoms with Crippen LogP contribution in [0.25, 0.3) is 0 Å². The van der Waals surface area contributed by atoms with Crippen LogP contribution in [0.4, 0.5) is 5.69 Å². The zero-order valence-corrected chi connectivity index (χ0v) is 22.9. The van der Waals surface area contributed by atoms with Crippen molar-refractivity contribution in [3.63, 3.8) is 0 Å². The number of amides is 1. The SMILES string of the molecule is CS(=O)(=O)Nc1cc([C@@H](O)CNC(Cc2ccccc2)c2ccc(C(=O)NCc3ccccc3)cc2)ccc1O. The van der Waals surface area contributed by atoms with Gasteiger partial charge in [0.1, 0.15) is 5.75 Å². The summed E-state index contributed by atoms with van der Waals surface area (Å²) < 4.78 is 25.5. The number of aromatic hydroxyl groups is 1. The first-order valence-electron chi connectivity index (χ1n) is 12.9. The Hall–Kier alpha value is -4.18. The Kier molecular flexibility index (Phi) is 9.55. The lowest BCUT2D eigenvalue weighted by Gasteiger charge is -2.22. The van der Waals surface area contributed by atoms with Gasteiger partial charge < -0.3 is 20.8 Å². The van der Waals surface area contributed by atoms with Crippen molar-refractivity contribution in [1.29, 1.82) is 0 Å². The van der Waals surface area contributed by atoms with Crippen LogP contribution in [0.1, 0.15) is 44.8 Å². The number of aliphatic hydroxyl groups excluding tert-OH is 1. The summed E-state index contributed by atoms with van der Waals surface area (Å²) in [7, 11) is -3.60. The highest BCUT2D eigenvalue weighted by Crippen LogP contribution is 2.28. The van der Waals surface area contributed by atoms with E-state index in [9.17, 15) is 23.4 Å². The van der Waals surface area contributed by atoms with Crippen molar-refractivity contribution >= 4 is 21.6 Å². The van der Waals surface area contributed by atoms with Crippen molar-refractivity contribution in [3.8, 4) is 5.75 Å². The summed E-state index contributed by atoms with van der Waals surface area (Å²) in [5.74, 6) is -0.395. The van der Waals surface area contributed by atoms with E-state index < -0.39 is 16.1 Å². The molecule has 0 radical (unpaired) electrons. The van der Waals surface area contributed by atoms with Crippen LogP contribution >= 0.6 is 0 Å². The molecule has 0 saturated carbocycles. The van der Waals surface area contributed by atoms with E-state index in [4.69, 9.17) is 0 Å². The summed E-state index contributed by atoms with van der Waals surface area (Å²) in [4.78, 5) is 12.7. The molecule has 2 atom stereocenters. The maximum absolute atomic E-state index is 12.7. The minimum atomic E-state index is -3.60. The molecule has 0 aliphatic rings. The van der Waals surface area contributed by atoms with Gasteiger partial charge in [0.05, 0.1) is 18.0 Å². The van der Waals surface area contributed by atoms with E-state index in [1.807, 2.05) is 72.8 Å². The van der Waals surface area contributed by atoms with Crippen molar-refractivity contribution in [2.24, 2.45) is 0 Å². The fourth-order valence-electron chi connectivity index (χ4n) is 4.32. The summed E-state index contributed by atoms with van der Waals surface area (Å²) in [6.45, 7) is 0.607. The predicted octanol–water partition coefficient (Wildman–Crippen LogP) is 4.30. The van der Waals surface area contributed by atoms with Crippen LogP contribution in [0.3, 0.4) is 0 Å². The molecule has 0 heterocycles. The number of anilines is 1. The lowest BCUT2D eigenvalue weighted by molar-refractivity contribution is 0.0951. The van der Waals surface area contributed by atoms with Gasteiger partial charge in [-0.2, -0.15) is 0 Å². The maximum Gasteiger partial charge on any atom is 0.251 e. The average Bonchev–Trinajstić information content (AvgIpc) is 2.95. The van der Waals surface area contributed by atoms with E-state index in [1.54, 1.807) is 18.2 Å². The second-order valence-electron chi connectivity index (χ2n) is 9.61. The molecule has 0 saturated heterocycles. The van der Waals surface area contributed by atoms with Gasteiger partial charge >= 0.3 is 0 Å². The summed E-state index contributed by atoms with van der Waals surface area (Å²) in [6.07, 6.45) is 0.662. The molecule has 8 nitrogen and oxygen atoms in total. The first-order valence-corrected chi connectivity index (χ1v) is 14.8. The number of hydrogen-bond donors (Lipinski definition) is 5. The van der Waals surface area contributed by atoms with E-state index >= 15 is 0 Å². The van der Waals surface area contributed by atoms with Crippen molar-refractivity contribution in [2.45, 2.75) is 25.1 Å². The fourth-order valence-corrected chi connectivity index (χ4v) is 4.88. The van der Waals surface area contributed by atoms with Crippen molar-refractivity contribution in [3.05, 3.63) is 131 Å². The number of aliphatic hydroxyl groups is 1. The molecule has 5 N–H and O–H groups in total. The van der Waals surface area contributed by atoms with Gasteiger partial charge in [-0.3, -0.25) is 9.52 Å². The first kappa shape index (κ1) is 28.8. The zero-order valence-electron chi connectivity index (χ0n) is 22.1. The van der Waals surface area contributed by atoms with Gasteiger partial charge in [-0.15, -0.1) is 0 Å². The number of rotatable bonds is 12. The second-order valence-corrected chi connectivity index (χ2v) is 11.4. The molecule has 0 fully saturated rings. The molecule has 0 spiro atoms. The largest absolute Gasteiger partial charge is 0.506 e. The predicted molar refractivity (Wildman–Crippen MR) is 156 cm³/mol. The first-order chi connectivity index (χ1) is 19.2. The number of nitrogens with one attached hydrogen (secondary N) is 3. The van der Waals surface area contributed by atoms with Gasteiger partial charge in [-0.05, 0) is 52.9 Å². The van der Waals surface area contributed by atoms with Gasteiger partial charge in [-0.25, -0.2) is 8.42 Å². The molecule has 4 aromatic carbocycles. The number of phenols is 1. The molecular formula is C31H33N3O5S. The van der Waals surface area contributed by atoms with Crippen LogP contribution in [0.2, 0.25) is 0 Å². The Morgan fingerprint density at radius 2 is 1.43 bits per heavy atom. The van der Waals surface area contributed by atoms with Gasteiger partial charge in [-0.1, -0.05) is 78.9 Å². The normalized spacial score (nSPS) is 12.8. The minimum Gasteiger partial charge on any atom is -0.506 e. The van der Waals surface area contributed by atoms with Crippen LogP contribution < -0.4 is 15.4 Å². The van der Waals surface area contributed by atoms with E-state index in [0.29, 0.717) is 24.1 Å². The maximum atomic E-state index is 12.7. The minimum absolute atomic E-state index is 0.000940. The van der Waals surface area contributed by atoms with Crippen molar-refractivity contribution in [1.82, 2.24) is 10.6 Å². The van der Waals surface area contributed by atoms with Crippen LogP contribution in [-0.4, -0.2) is 37.3 Å². The van der Waals surface area contributed by atoms with Crippen molar-refractivity contribution < 1.29 is 23.4 Å². The fraction of sp³-hybridized carbons (Fsp3) is 0.194. The zero-order chi connectivity index (χ0) is 28.5. The lowest BCUT2D eigenvalue weighted by Crippen LogP contribution is -2.28. The lowest BCUT2D eigenvalue weighted by atomic mass is 9.97. The van der Waals surface area contributed by atoms with E-state index in [-0.39, 0.29) is 29.9 Å². The quantitative estimate of drug-likeness (QED) is 0.165. The molecule has 0 aliphatic heterocycles. The molecule has 9 heteroatoms. The van der Waals surface area contributed by atoms with E-state index in [0.717, 1.165) is 22.9 Å². The number of phenolic OH excluding ortho intramolecular Hbond substituents is 1. The number of benzene rings is 4. The Labute approximate surface area is 234 Å². The summed E-state index contributed by atoms with van der Waals surface area (Å²) in [5.41, 5.74) is 4.06. The van der Waals surface area contributed by atoms with Gasteiger partial charge in [0.25, 0.3) is 5.91 Å². The molecule has 0 aromatic heterocycles. The van der Waals surface area contributed by atoms with Crippen LogP contribution in [0, 0.1) is 0 Å². The number of carbonyl (C=O) groups is 1. The Bertz CT molecular complexity index is 1510.